The molecule has 5 heteroatoms. The number of halogens is 2. The van der Waals surface area contributed by atoms with Crippen LogP contribution in [0, 0.1) is 0 Å². The normalized spacial score (nSPS) is 13.7. The van der Waals surface area contributed by atoms with E-state index in [0.29, 0.717) is 5.75 Å². The number of benzene rings is 1. The van der Waals surface area contributed by atoms with Gasteiger partial charge >= 0.3 is 0 Å². The molecular weight excluding hydrogens is 237 g/mol. The minimum Gasteiger partial charge on any atom is -0.381 e. The molecular formula is C10H7Cl2NO2. The molecule has 0 bridgehead atoms. The Morgan fingerprint density at radius 2 is 2.07 bits per heavy atom. The summed E-state index contributed by atoms with van der Waals surface area (Å²) in [6.45, 7) is 0. The quantitative estimate of drug-likeness (QED) is 0.811. The van der Waals surface area contributed by atoms with Gasteiger partial charge in [0.2, 0.25) is 5.78 Å². The topological polar surface area (TPSA) is 38.3 Å². The van der Waals surface area contributed by atoms with Gasteiger partial charge in [-0.1, -0.05) is 41.4 Å². The van der Waals surface area contributed by atoms with Gasteiger partial charge in [-0.05, 0) is 12.1 Å². The van der Waals surface area contributed by atoms with Gasteiger partial charge in [0.15, 0.2) is 10.6 Å². The molecule has 0 aromatic heterocycles. The maximum atomic E-state index is 11.4. The van der Waals surface area contributed by atoms with E-state index in [4.69, 9.17) is 28.0 Å². The van der Waals surface area contributed by atoms with E-state index in [1.54, 1.807) is 12.1 Å². The van der Waals surface area contributed by atoms with Crippen LogP contribution in [0.15, 0.2) is 30.0 Å². The van der Waals surface area contributed by atoms with Crippen molar-refractivity contribution in [3.8, 4) is 5.75 Å². The summed E-state index contributed by atoms with van der Waals surface area (Å²) in [6, 6.07) is 7.32. The average molecular weight is 244 g/mol. The minimum atomic E-state index is -1.09. The molecule has 1 aromatic rings. The van der Waals surface area contributed by atoms with Gasteiger partial charge in [0, 0.05) is 5.56 Å². The monoisotopic (exact) mass is 243 g/mol. The van der Waals surface area contributed by atoms with Crippen molar-refractivity contribution in [2.75, 3.05) is 0 Å². The lowest BCUT2D eigenvalue weighted by Crippen LogP contribution is -2.29. The van der Waals surface area contributed by atoms with Crippen molar-refractivity contribution in [3.05, 3.63) is 35.5 Å². The molecule has 0 saturated carbocycles. The van der Waals surface area contributed by atoms with Gasteiger partial charge in [-0.3, -0.25) is 4.79 Å². The molecule has 3 nitrogen and oxygen atoms in total. The van der Waals surface area contributed by atoms with E-state index in [1.165, 1.54) is 0 Å². The first kappa shape index (κ1) is 10.3. The van der Waals surface area contributed by atoms with E-state index in [-0.39, 0.29) is 5.70 Å². The highest BCUT2D eigenvalue weighted by Gasteiger charge is 2.21. The van der Waals surface area contributed by atoms with Crippen LogP contribution < -0.4 is 10.3 Å². The molecule has 1 aromatic carbocycles. The summed E-state index contributed by atoms with van der Waals surface area (Å²) >= 11 is 10.9. The van der Waals surface area contributed by atoms with Crippen LogP contribution in [0.5, 0.6) is 5.75 Å². The van der Waals surface area contributed by atoms with Gasteiger partial charge in [-0.15, -0.1) is 0 Å². The van der Waals surface area contributed by atoms with Crippen molar-refractivity contribution in [2.45, 2.75) is 4.84 Å². The number of carbonyl (C=O) groups excluding carboxylic acids is 1. The number of nitrogens with one attached hydrogen (secondary N) is 1. The van der Waals surface area contributed by atoms with Crippen LogP contribution in [0.25, 0.3) is 6.08 Å². The fraction of sp³-hybridized carbons (Fsp3) is 0.100. The standard InChI is InChI=1S/C10H7Cl2NO2/c11-10(12)9(14)7-5-6-3-1-2-4-8(6)15-13-7/h1-5,10,13H. The molecule has 1 aliphatic rings. The SMILES string of the molecule is O=C(C1=Cc2ccccc2ON1)C(Cl)Cl. The molecule has 15 heavy (non-hydrogen) atoms. The average Bonchev–Trinajstić information content (AvgIpc) is 2.27. The molecule has 2 rings (SSSR count). The number of allylic oxidation sites excluding steroid dienone is 1. The highest BCUT2D eigenvalue weighted by molar-refractivity contribution is 6.55. The van der Waals surface area contributed by atoms with Crippen LogP contribution in [0.1, 0.15) is 5.56 Å². The zero-order valence-corrected chi connectivity index (χ0v) is 9.05. The Morgan fingerprint density at radius 1 is 1.33 bits per heavy atom. The lowest BCUT2D eigenvalue weighted by atomic mass is 10.1. The Kier molecular flexibility index (Phi) is 2.84. The summed E-state index contributed by atoms with van der Waals surface area (Å²) in [7, 11) is 0. The van der Waals surface area contributed by atoms with Gasteiger partial charge < -0.3 is 4.84 Å². The van der Waals surface area contributed by atoms with Gasteiger partial charge in [-0.25, -0.2) is 5.48 Å². The highest BCUT2D eigenvalue weighted by atomic mass is 35.5. The van der Waals surface area contributed by atoms with E-state index in [2.05, 4.69) is 5.48 Å². The van der Waals surface area contributed by atoms with Gasteiger partial charge in [0.1, 0.15) is 5.70 Å². The number of hydrogen-bond donors (Lipinski definition) is 1. The number of hydrogen-bond acceptors (Lipinski definition) is 3. The first-order valence-electron chi connectivity index (χ1n) is 4.24. The Bertz CT molecular complexity index is 429. The van der Waals surface area contributed by atoms with Crippen LogP contribution in [-0.4, -0.2) is 10.6 Å². The van der Waals surface area contributed by atoms with Gasteiger partial charge in [0.05, 0.1) is 0 Å². The molecule has 0 saturated heterocycles. The second-order valence-corrected chi connectivity index (χ2v) is 4.06. The zero-order chi connectivity index (χ0) is 10.8. The summed E-state index contributed by atoms with van der Waals surface area (Å²) in [5, 5.41) is 0. The Balaban J connectivity index is 2.33. The molecule has 1 heterocycles. The maximum absolute atomic E-state index is 11.4. The third-order valence-corrected chi connectivity index (χ3v) is 2.35. The number of hydroxylamine groups is 1. The summed E-state index contributed by atoms with van der Waals surface area (Å²) in [6.07, 6.45) is 1.65. The fourth-order valence-corrected chi connectivity index (χ4v) is 1.46. The number of rotatable bonds is 2. The number of carbonyl (C=O) groups is 1. The van der Waals surface area contributed by atoms with E-state index in [9.17, 15) is 4.79 Å². The van der Waals surface area contributed by atoms with E-state index >= 15 is 0 Å². The van der Waals surface area contributed by atoms with E-state index < -0.39 is 10.6 Å². The fourth-order valence-electron chi connectivity index (χ4n) is 1.23. The largest absolute Gasteiger partial charge is 0.381 e. The van der Waals surface area contributed by atoms with Crippen molar-refractivity contribution in [1.29, 1.82) is 0 Å². The summed E-state index contributed by atoms with van der Waals surface area (Å²) in [4.78, 5) is 15.5. The van der Waals surface area contributed by atoms with Crippen LogP contribution in [0.2, 0.25) is 0 Å². The molecule has 78 valence electrons. The summed E-state index contributed by atoms with van der Waals surface area (Å²) < 4.78 is 0. The molecule has 0 aliphatic carbocycles. The number of Topliss-reactive ketones (excluding diaryl/α,β-unsaturated/α-hetero) is 1. The Labute approximate surface area is 96.6 Å². The highest BCUT2D eigenvalue weighted by Crippen LogP contribution is 2.24. The lowest BCUT2D eigenvalue weighted by Gasteiger charge is -2.17. The molecule has 0 spiro atoms. The molecule has 0 atom stereocenters. The minimum absolute atomic E-state index is 0.253. The van der Waals surface area contributed by atoms with Crippen LogP contribution in [0.3, 0.4) is 0 Å². The van der Waals surface area contributed by atoms with Crippen molar-refractivity contribution in [1.82, 2.24) is 5.48 Å². The van der Waals surface area contributed by atoms with Gasteiger partial charge in [-0.2, -0.15) is 0 Å². The van der Waals surface area contributed by atoms with Crippen LogP contribution in [0.4, 0.5) is 0 Å². The molecule has 0 amide bonds. The number of fused-ring (bicyclic) bond motifs is 1. The van der Waals surface area contributed by atoms with Crippen molar-refractivity contribution in [3.63, 3.8) is 0 Å². The molecule has 1 aliphatic heterocycles. The first-order valence-corrected chi connectivity index (χ1v) is 5.12. The molecule has 1 N–H and O–H groups in total. The predicted octanol–water partition coefficient (Wildman–Crippen LogP) is 2.30. The second-order valence-electron chi connectivity index (χ2n) is 2.96. The van der Waals surface area contributed by atoms with Crippen molar-refractivity contribution < 1.29 is 9.63 Å². The second kappa shape index (κ2) is 4.13. The molecule has 0 radical (unpaired) electrons. The first-order chi connectivity index (χ1) is 7.18. The summed E-state index contributed by atoms with van der Waals surface area (Å²) in [5.74, 6) is 0.252. The molecule has 0 unspecified atom stereocenters. The van der Waals surface area contributed by atoms with Crippen molar-refractivity contribution >= 4 is 35.1 Å². The number of ketones is 1. The smallest absolute Gasteiger partial charge is 0.214 e. The third kappa shape index (κ3) is 2.08. The van der Waals surface area contributed by atoms with E-state index in [0.717, 1.165) is 5.56 Å². The van der Waals surface area contributed by atoms with Crippen LogP contribution >= 0.6 is 23.2 Å². The van der Waals surface area contributed by atoms with E-state index in [1.807, 2.05) is 18.2 Å². The Morgan fingerprint density at radius 3 is 2.80 bits per heavy atom. The summed E-state index contributed by atoms with van der Waals surface area (Å²) in [5.41, 5.74) is 3.57. The molecule has 0 fully saturated rings. The lowest BCUT2D eigenvalue weighted by molar-refractivity contribution is -0.115. The zero-order valence-electron chi connectivity index (χ0n) is 7.54. The Hall–Kier alpha value is -1.19. The number of para-hydroxylation sites is 1. The number of alkyl halides is 2. The van der Waals surface area contributed by atoms with Gasteiger partial charge in [0.25, 0.3) is 0 Å². The third-order valence-electron chi connectivity index (χ3n) is 1.95. The predicted molar refractivity (Wildman–Crippen MR) is 58.7 cm³/mol. The maximum Gasteiger partial charge on any atom is 0.214 e. The van der Waals surface area contributed by atoms with Crippen molar-refractivity contribution in [2.24, 2.45) is 0 Å². The van der Waals surface area contributed by atoms with Crippen LogP contribution in [-0.2, 0) is 4.79 Å².